The molecular weight excluding hydrogens is 304 g/mol. The smallest absolute Gasteiger partial charge is 0.221 e. The SMILES string of the molecule is Cc1cnc(Oc2cc(Br)ccc2Cl)cc1N. The van der Waals surface area contributed by atoms with Gasteiger partial charge in [0.15, 0.2) is 0 Å². The van der Waals surface area contributed by atoms with Gasteiger partial charge in [-0.25, -0.2) is 4.98 Å². The Balaban J connectivity index is 2.31. The van der Waals surface area contributed by atoms with Crippen LogP contribution in [0.1, 0.15) is 5.56 Å². The van der Waals surface area contributed by atoms with Gasteiger partial charge < -0.3 is 10.5 Å². The van der Waals surface area contributed by atoms with E-state index in [1.807, 2.05) is 13.0 Å². The molecule has 0 fully saturated rings. The van der Waals surface area contributed by atoms with Gasteiger partial charge in [-0.15, -0.1) is 0 Å². The highest BCUT2D eigenvalue weighted by molar-refractivity contribution is 9.10. The summed E-state index contributed by atoms with van der Waals surface area (Å²) in [6.07, 6.45) is 1.66. The van der Waals surface area contributed by atoms with Crippen molar-refractivity contribution < 1.29 is 4.74 Å². The molecule has 1 heterocycles. The molecule has 0 atom stereocenters. The lowest BCUT2D eigenvalue weighted by Gasteiger charge is -2.08. The van der Waals surface area contributed by atoms with E-state index in [-0.39, 0.29) is 0 Å². The highest BCUT2D eigenvalue weighted by atomic mass is 79.9. The zero-order chi connectivity index (χ0) is 12.4. The van der Waals surface area contributed by atoms with Gasteiger partial charge in [0.1, 0.15) is 5.75 Å². The third-order valence-electron chi connectivity index (χ3n) is 2.23. The highest BCUT2D eigenvalue weighted by Gasteiger charge is 2.06. The van der Waals surface area contributed by atoms with Gasteiger partial charge in [0.05, 0.1) is 5.02 Å². The van der Waals surface area contributed by atoms with E-state index in [2.05, 4.69) is 20.9 Å². The summed E-state index contributed by atoms with van der Waals surface area (Å²) >= 11 is 9.36. The highest BCUT2D eigenvalue weighted by Crippen LogP contribution is 2.31. The third-order valence-corrected chi connectivity index (χ3v) is 3.03. The minimum Gasteiger partial charge on any atom is -0.437 e. The fraction of sp³-hybridized carbons (Fsp3) is 0.0833. The molecule has 2 aromatic rings. The summed E-state index contributed by atoms with van der Waals surface area (Å²) in [7, 11) is 0. The minimum absolute atomic E-state index is 0.424. The Morgan fingerprint density at radius 1 is 1.35 bits per heavy atom. The number of nitrogens with two attached hydrogens (primary N) is 1. The van der Waals surface area contributed by atoms with Crippen LogP contribution in [0.15, 0.2) is 34.9 Å². The van der Waals surface area contributed by atoms with Crippen LogP contribution in [-0.4, -0.2) is 4.98 Å². The standard InChI is InChI=1S/C12H10BrClN2O/c1-7-6-16-12(5-10(7)15)17-11-4-8(13)2-3-9(11)14/h2-6H,1H3,(H2,15,16). The van der Waals surface area contributed by atoms with Crippen LogP contribution in [0.4, 0.5) is 5.69 Å². The number of aromatic nitrogens is 1. The second kappa shape index (κ2) is 4.94. The molecule has 2 N–H and O–H groups in total. The fourth-order valence-corrected chi connectivity index (χ4v) is 1.74. The number of anilines is 1. The van der Waals surface area contributed by atoms with E-state index in [1.54, 1.807) is 24.4 Å². The second-order valence-corrected chi connectivity index (χ2v) is 4.88. The van der Waals surface area contributed by atoms with Crippen molar-refractivity contribution in [1.29, 1.82) is 0 Å². The molecule has 17 heavy (non-hydrogen) atoms. The summed E-state index contributed by atoms with van der Waals surface area (Å²) in [4.78, 5) is 4.13. The van der Waals surface area contributed by atoms with E-state index in [0.717, 1.165) is 10.0 Å². The Kier molecular flexibility index (Phi) is 3.54. The normalized spacial score (nSPS) is 10.3. The van der Waals surface area contributed by atoms with Gasteiger partial charge in [-0.3, -0.25) is 0 Å². The molecule has 0 unspecified atom stereocenters. The number of nitrogens with zero attached hydrogens (tertiary/aromatic N) is 1. The Morgan fingerprint density at radius 2 is 2.12 bits per heavy atom. The van der Waals surface area contributed by atoms with Crippen LogP contribution in [0, 0.1) is 6.92 Å². The molecule has 0 aliphatic rings. The molecule has 1 aromatic carbocycles. The first-order valence-corrected chi connectivity index (χ1v) is 6.08. The van der Waals surface area contributed by atoms with Gasteiger partial charge in [-0.1, -0.05) is 27.5 Å². The number of ether oxygens (including phenoxy) is 1. The predicted molar refractivity (Wildman–Crippen MR) is 72.6 cm³/mol. The molecule has 88 valence electrons. The van der Waals surface area contributed by atoms with Crippen molar-refractivity contribution in [3.8, 4) is 11.6 Å². The number of nitrogen functional groups attached to an aromatic ring is 1. The minimum atomic E-state index is 0.424. The van der Waals surface area contributed by atoms with Gasteiger partial charge in [-0.2, -0.15) is 0 Å². The van der Waals surface area contributed by atoms with Crippen molar-refractivity contribution in [2.45, 2.75) is 6.92 Å². The first-order chi connectivity index (χ1) is 8.06. The summed E-state index contributed by atoms with van der Waals surface area (Å²) in [6.45, 7) is 1.89. The van der Waals surface area contributed by atoms with Crippen molar-refractivity contribution in [3.63, 3.8) is 0 Å². The number of halogens is 2. The lowest BCUT2D eigenvalue weighted by molar-refractivity contribution is 0.463. The largest absolute Gasteiger partial charge is 0.437 e. The van der Waals surface area contributed by atoms with Crippen LogP contribution in [-0.2, 0) is 0 Å². The average molecular weight is 314 g/mol. The maximum absolute atomic E-state index is 6.01. The van der Waals surface area contributed by atoms with Crippen molar-refractivity contribution >= 4 is 33.2 Å². The van der Waals surface area contributed by atoms with E-state index in [9.17, 15) is 0 Å². The number of benzene rings is 1. The maximum Gasteiger partial charge on any atom is 0.221 e. The van der Waals surface area contributed by atoms with E-state index in [0.29, 0.717) is 22.3 Å². The van der Waals surface area contributed by atoms with E-state index >= 15 is 0 Å². The number of aryl methyl sites for hydroxylation is 1. The zero-order valence-electron chi connectivity index (χ0n) is 9.08. The lowest BCUT2D eigenvalue weighted by Crippen LogP contribution is -1.94. The number of hydrogen-bond donors (Lipinski definition) is 1. The Labute approximate surface area is 113 Å². The van der Waals surface area contributed by atoms with Crippen LogP contribution < -0.4 is 10.5 Å². The first-order valence-electron chi connectivity index (χ1n) is 4.91. The Morgan fingerprint density at radius 3 is 2.82 bits per heavy atom. The molecule has 0 aliphatic carbocycles. The van der Waals surface area contributed by atoms with Crippen LogP contribution in [0.2, 0.25) is 5.02 Å². The quantitative estimate of drug-likeness (QED) is 0.904. The Bertz CT molecular complexity index is 560. The fourth-order valence-electron chi connectivity index (χ4n) is 1.24. The monoisotopic (exact) mass is 312 g/mol. The molecule has 5 heteroatoms. The molecule has 0 radical (unpaired) electrons. The number of rotatable bonds is 2. The number of pyridine rings is 1. The van der Waals surface area contributed by atoms with Crippen LogP contribution in [0.3, 0.4) is 0 Å². The molecule has 0 aliphatic heterocycles. The van der Waals surface area contributed by atoms with Gasteiger partial charge in [0.25, 0.3) is 0 Å². The summed E-state index contributed by atoms with van der Waals surface area (Å²) in [5.41, 5.74) is 7.33. The maximum atomic E-state index is 6.01. The van der Waals surface area contributed by atoms with Crippen molar-refractivity contribution in [1.82, 2.24) is 4.98 Å². The van der Waals surface area contributed by atoms with Crippen LogP contribution in [0.5, 0.6) is 11.6 Å². The van der Waals surface area contributed by atoms with Crippen molar-refractivity contribution in [2.75, 3.05) is 5.73 Å². The van der Waals surface area contributed by atoms with E-state index in [1.165, 1.54) is 0 Å². The first kappa shape index (κ1) is 12.2. The van der Waals surface area contributed by atoms with Crippen LogP contribution in [0.25, 0.3) is 0 Å². The summed E-state index contributed by atoms with van der Waals surface area (Å²) in [6, 6.07) is 7.04. The zero-order valence-corrected chi connectivity index (χ0v) is 11.4. The summed E-state index contributed by atoms with van der Waals surface area (Å²) in [5.74, 6) is 0.963. The van der Waals surface area contributed by atoms with Crippen molar-refractivity contribution in [3.05, 3.63) is 45.5 Å². The van der Waals surface area contributed by atoms with E-state index < -0.39 is 0 Å². The van der Waals surface area contributed by atoms with Gasteiger partial charge >= 0.3 is 0 Å². The molecule has 0 spiro atoms. The van der Waals surface area contributed by atoms with Gasteiger partial charge in [-0.05, 0) is 30.7 Å². The molecule has 0 amide bonds. The van der Waals surface area contributed by atoms with Gasteiger partial charge in [0, 0.05) is 22.4 Å². The van der Waals surface area contributed by atoms with E-state index in [4.69, 9.17) is 22.1 Å². The molecule has 2 rings (SSSR count). The molecule has 0 saturated carbocycles. The molecule has 0 bridgehead atoms. The van der Waals surface area contributed by atoms with Crippen molar-refractivity contribution in [2.24, 2.45) is 0 Å². The van der Waals surface area contributed by atoms with Crippen LogP contribution >= 0.6 is 27.5 Å². The summed E-state index contributed by atoms with van der Waals surface area (Å²) < 4.78 is 6.46. The predicted octanol–water partition coefficient (Wildman–Crippen LogP) is 4.18. The molecule has 0 saturated heterocycles. The average Bonchev–Trinajstić information content (AvgIpc) is 2.29. The molecular formula is C12H10BrClN2O. The lowest BCUT2D eigenvalue weighted by atomic mass is 10.3. The third kappa shape index (κ3) is 2.90. The van der Waals surface area contributed by atoms with Gasteiger partial charge in [0.2, 0.25) is 5.88 Å². The number of hydrogen-bond acceptors (Lipinski definition) is 3. The second-order valence-electron chi connectivity index (χ2n) is 3.56. The topological polar surface area (TPSA) is 48.1 Å². The Hall–Kier alpha value is -1.26. The molecule has 3 nitrogen and oxygen atoms in total. The molecule has 1 aromatic heterocycles. The summed E-state index contributed by atoms with van der Waals surface area (Å²) in [5, 5.41) is 0.522.